The van der Waals surface area contributed by atoms with E-state index >= 15 is 0 Å². The van der Waals surface area contributed by atoms with E-state index in [1.165, 1.54) is 24.8 Å². The number of ether oxygens (including phenoxy) is 2. The first-order chi connectivity index (χ1) is 9.74. The molecule has 2 rings (SSSR count). The van der Waals surface area contributed by atoms with Crippen molar-refractivity contribution in [2.75, 3.05) is 19.0 Å². The molecule has 1 aromatic carbocycles. The van der Waals surface area contributed by atoms with Crippen LogP contribution in [-0.2, 0) is 4.74 Å². The lowest BCUT2D eigenvalue weighted by Crippen LogP contribution is -2.37. The van der Waals surface area contributed by atoms with Gasteiger partial charge in [-0.25, -0.2) is 0 Å². The van der Waals surface area contributed by atoms with E-state index in [9.17, 15) is 0 Å². The summed E-state index contributed by atoms with van der Waals surface area (Å²) in [6, 6.07) is 6.76. The summed E-state index contributed by atoms with van der Waals surface area (Å²) in [5.41, 5.74) is 2.33. The maximum Gasteiger partial charge on any atom is 0.142 e. The molecule has 1 fully saturated rings. The van der Waals surface area contributed by atoms with Gasteiger partial charge in [0.1, 0.15) is 5.75 Å². The van der Waals surface area contributed by atoms with Crippen molar-refractivity contribution in [3.05, 3.63) is 23.8 Å². The van der Waals surface area contributed by atoms with Crippen molar-refractivity contribution in [1.82, 2.24) is 0 Å². The fraction of sp³-hybridized carbons (Fsp3) is 0.647. The number of anilines is 1. The maximum absolute atomic E-state index is 5.87. The highest BCUT2D eigenvalue weighted by atomic mass is 16.5. The molecule has 0 bridgehead atoms. The Bertz CT molecular complexity index is 419. The maximum atomic E-state index is 5.87. The average molecular weight is 277 g/mol. The number of aryl methyl sites for hydroxylation is 1. The zero-order chi connectivity index (χ0) is 14.4. The summed E-state index contributed by atoms with van der Waals surface area (Å²) in [7, 11) is 1.81. The SMILES string of the molecule is CCCOc1cc(C)ccc1NC1CCCCC1OC. The second kappa shape index (κ2) is 7.53. The molecular formula is C17H27NO2. The lowest BCUT2D eigenvalue weighted by molar-refractivity contribution is 0.0605. The van der Waals surface area contributed by atoms with Gasteiger partial charge in [0.2, 0.25) is 0 Å². The Balaban J connectivity index is 2.10. The predicted octanol–water partition coefficient (Wildman–Crippen LogP) is 4.15. The van der Waals surface area contributed by atoms with Crippen LogP contribution >= 0.6 is 0 Å². The predicted molar refractivity (Wildman–Crippen MR) is 83.6 cm³/mol. The van der Waals surface area contributed by atoms with Gasteiger partial charge in [-0.3, -0.25) is 0 Å². The molecule has 1 saturated carbocycles. The molecule has 0 aliphatic heterocycles. The van der Waals surface area contributed by atoms with Crippen LogP contribution in [0.25, 0.3) is 0 Å². The molecule has 0 spiro atoms. The molecule has 112 valence electrons. The molecule has 0 heterocycles. The second-order valence-corrected chi connectivity index (χ2v) is 5.66. The van der Waals surface area contributed by atoms with Crippen molar-refractivity contribution in [3.63, 3.8) is 0 Å². The number of nitrogens with one attached hydrogen (secondary N) is 1. The largest absolute Gasteiger partial charge is 0.491 e. The van der Waals surface area contributed by atoms with E-state index in [1.807, 2.05) is 7.11 Å². The molecule has 2 atom stereocenters. The minimum atomic E-state index is 0.309. The van der Waals surface area contributed by atoms with Crippen LogP contribution in [0.15, 0.2) is 18.2 Å². The standard InChI is InChI=1S/C17H27NO2/c1-4-11-20-17-12-13(2)9-10-15(17)18-14-7-5-6-8-16(14)19-3/h9-10,12,14,16,18H,4-8,11H2,1-3H3. The van der Waals surface area contributed by atoms with Crippen LogP contribution in [0.2, 0.25) is 0 Å². The zero-order valence-electron chi connectivity index (χ0n) is 12.9. The van der Waals surface area contributed by atoms with Crippen LogP contribution in [0.1, 0.15) is 44.6 Å². The van der Waals surface area contributed by atoms with E-state index in [4.69, 9.17) is 9.47 Å². The van der Waals surface area contributed by atoms with Gasteiger partial charge in [-0.1, -0.05) is 25.8 Å². The first-order valence-corrected chi connectivity index (χ1v) is 7.77. The van der Waals surface area contributed by atoms with Crippen LogP contribution in [0.4, 0.5) is 5.69 Å². The molecule has 3 nitrogen and oxygen atoms in total. The van der Waals surface area contributed by atoms with Gasteiger partial charge in [0.15, 0.2) is 0 Å². The van der Waals surface area contributed by atoms with Crippen molar-refractivity contribution in [3.8, 4) is 5.75 Å². The van der Waals surface area contributed by atoms with E-state index in [0.717, 1.165) is 30.9 Å². The topological polar surface area (TPSA) is 30.5 Å². The van der Waals surface area contributed by atoms with Crippen molar-refractivity contribution in [1.29, 1.82) is 0 Å². The molecule has 1 N–H and O–H groups in total. The van der Waals surface area contributed by atoms with Gasteiger partial charge < -0.3 is 14.8 Å². The summed E-state index contributed by atoms with van der Waals surface area (Å²) >= 11 is 0. The van der Waals surface area contributed by atoms with E-state index in [0.29, 0.717) is 12.1 Å². The van der Waals surface area contributed by atoms with Crippen molar-refractivity contribution >= 4 is 5.69 Å². The van der Waals surface area contributed by atoms with Gasteiger partial charge in [0.25, 0.3) is 0 Å². The Hall–Kier alpha value is -1.22. The molecule has 2 unspecified atom stereocenters. The molecular weight excluding hydrogens is 250 g/mol. The van der Waals surface area contributed by atoms with E-state index in [1.54, 1.807) is 0 Å². The third-order valence-electron chi connectivity index (χ3n) is 3.95. The summed E-state index contributed by atoms with van der Waals surface area (Å²) in [6.45, 7) is 4.99. The van der Waals surface area contributed by atoms with Gasteiger partial charge in [0, 0.05) is 7.11 Å². The number of rotatable bonds is 6. The fourth-order valence-corrected chi connectivity index (χ4v) is 2.82. The third-order valence-corrected chi connectivity index (χ3v) is 3.95. The summed E-state index contributed by atoms with van der Waals surface area (Å²) in [5.74, 6) is 0.965. The zero-order valence-corrected chi connectivity index (χ0v) is 12.9. The summed E-state index contributed by atoms with van der Waals surface area (Å²) < 4.78 is 11.5. The van der Waals surface area contributed by atoms with Crippen molar-refractivity contribution in [2.24, 2.45) is 0 Å². The van der Waals surface area contributed by atoms with Gasteiger partial charge in [0.05, 0.1) is 24.4 Å². The molecule has 0 amide bonds. The number of benzene rings is 1. The minimum Gasteiger partial charge on any atom is -0.491 e. The lowest BCUT2D eigenvalue weighted by Gasteiger charge is -2.32. The molecule has 0 saturated heterocycles. The monoisotopic (exact) mass is 277 g/mol. The molecule has 3 heteroatoms. The van der Waals surface area contributed by atoms with Crippen LogP contribution in [0.3, 0.4) is 0 Å². The highest BCUT2D eigenvalue weighted by Gasteiger charge is 2.25. The average Bonchev–Trinajstić information content (AvgIpc) is 2.48. The number of methoxy groups -OCH3 is 1. The lowest BCUT2D eigenvalue weighted by atomic mass is 9.92. The Morgan fingerprint density at radius 1 is 1.25 bits per heavy atom. The van der Waals surface area contributed by atoms with Crippen LogP contribution in [-0.4, -0.2) is 25.9 Å². The molecule has 1 aliphatic carbocycles. The van der Waals surface area contributed by atoms with E-state index in [-0.39, 0.29) is 0 Å². The Labute approximate surface area is 122 Å². The highest BCUT2D eigenvalue weighted by Crippen LogP contribution is 2.30. The molecule has 0 aromatic heterocycles. The fourth-order valence-electron chi connectivity index (χ4n) is 2.82. The van der Waals surface area contributed by atoms with Crippen molar-refractivity contribution < 1.29 is 9.47 Å². The third kappa shape index (κ3) is 3.89. The van der Waals surface area contributed by atoms with E-state index in [2.05, 4.69) is 37.4 Å². The first kappa shape index (κ1) is 15.2. The number of hydrogen-bond acceptors (Lipinski definition) is 3. The normalized spacial score (nSPS) is 22.6. The Morgan fingerprint density at radius 2 is 2.05 bits per heavy atom. The number of hydrogen-bond donors (Lipinski definition) is 1. The summed E-state index contributed by atoms with van der Waals surface area (Å²) in [6.07, 6.45) is 6.18. The quantitative estimate of drug-likeness (QED) is 0.847. The minimum absolute atomic E-state index is 0.309. The van der Waals surface area contributed by atoms with Gasteiger partial charge >= 0.3 is 0 Å². The molecule has 1 aliphatic rings. The summed E-state index contributed by atoms with van der Waals surface area (Å²) in [4.78, 5) is 0. The van der Waals surface area contributed by atoms with Gasteiger partial charge in [-0.15, -0.1) is 0 Å². The molecule has 0 radical (unpaired) electrons. The Kier molecular flexibility index (Phi) is 5.72. The first-order valence-electron chi connectivity index (χ1n) is 7.77. The summed E-state index contributed by atoms with van der Waals surface area (Å²) in [5, 5.41) is 3.64. The van der Waals surface area contributed by atoms with Crippen molar-refractivity contribution in [2.45, 2.75) is 58.1 Å². The van der Waals surface area contributed by atoms with Crippen LogP contribution in [0, 0.1) is 6.92 Å². The molecule has 20 heavy (non-hydrogen) atoms. The van der Waals surface area contributed by atoms with Crippen LogP contribution < -0.4 is 10.1 Å². The van der Waals surface area contributed by atoms with Gasteiger partial charge in [-0.05, 0) is 43.9 Å². The second-order valence-electron chi connectivity index (χ2n) is 5.66. The highest BCUT2D eigenvalue weighted by molar-refractivity contribution is 5.58. The molecule has 1 aromatic rings. The van der Waals surface area contributed by atoms with Crippen LogP contribution in [0.5, 0.6) is 5.75 Å². The van der Waals surface area contributed by atoms with Gasteiger partial charge in [-0.2, -0.15) is 0 Å². The smallest absolute Gasteiger partial charge is 0.142 e. The Morgan fingerprint density at radius 3 is 2.80 bits per heavy atom. The van der Waals surface area contributed by atoms with E-state index < -0.39 is 0 Å².